The fourth-order valence-corrected chi connectivity index (χ4v) is 3.34. The van der Waals surface area contributed by atoms with E-state index in [2.05, 4.69) is 40.6 Å². The van der Waals surface area contributed by atoms with Gasteiger partial charge in [-0.05, 0) is 18.4 Å². The lowest BCUT2D eigenvalue weighted by atomic mass is 9.88. The smallest absolute Gasteiger partial charge is 0.183 e. The Morgan fingerprint density at radius 1 is 1.12 bits per heavy atom. The summed E-state index contributed by atoms with van der Waals surface area (Å²) in [6.07, 6.45) is 6.87. The van der Waals surface area contributed by atoms with Crippen LogP contribution in [0.25, 0.3) is 0 Å². The van der Waals surface area contributed by atoms with E-state index in [4.69, 9.17) is 0 Å². The Kier molecular flexibility index (Phi) is 2.85. The van der Waals surface area contributed by atoms with E-state index >= 15 is 0 Å². The minimum Gasteiger partial charge on any atom is -0.352 e. The first-order chi connectivity index (χ1) is 8.39. The van der Waals surface area contributed by atoms with Crippen LogP contribution in [0.15, 0.2) is 41.9 Å². The van der Waals surface area contributed by atoms with Gasteiger partial charge in [-0.15, -0.1) is 11.3 Å². The summed E-state index contributed by atoms with van der Waals surface area (Å²) in [5, 5.41) is 6.72. The van der Waals surface area contributed by atoms with Gasteiger partial charge in [0.15, 0.2) is 5.13 Å². The maximum absolute atomic E-state index is 4.36. The van der Waals surface area contributed by atoms with Crippen LogP contribution < -0.4 is 5.32 Å². The van der Waals surface area contributed by atoms with E-state index < -0.39 is 0 Å². The quantitative estimate of drug-likeness (QED) is 0.882. The Morgan fingerprint density at radius 2 is 1.88 bits per heavy atom. The third-order valence-electron chi connectivity index (χ3n) is 3.56. The zero-order chi connectivity index (χ0) is 11.6. The van der Waals surface area contributed by atoms with Crippen LogP contribution in [0.3, 0.4) is 0 Å². The lowest BCUT2D eigenvalue weighted by Gasteiger charge is -2.30. The van der Waals surface area contributed by atoms with E-state index in [0.29, 0.717) is 0 Å². The van der Waals surface area contributed by atoms with Crippen molar-refractivity contribution in [2.24, 2.45) is 0 Å². The molecule has 0 spiro atoms. The van der Waals surface area contributed by atoms with Crippen molar-refractivity contribution in [2.45, 2.75) is 31.2 Å². The van der Waals surface area contributed by atoms with Crippen LogP contribution in [0.4, 0.5) is 5.13 Å². The summed E-state index contributed by atoms with van der Waals surface area (Å²) in [5.41, 5.74) is 1.51. The summed E-state index contributed by atoms with van der Waals surface area (Å²) < 4.78 is 0. The van der Waals surface area contributed by atoms with Gasteiger partial charge in [-0.1, -0.05) is 43.2 Å². The molecular weight excluding hydrogens is 228 g/mol. The van der Waals surface area contributed by atoms with Crippen molar-refractivity contribution in [3.8, 4) is 0 Å². The predicted octanol–water partition coefficient (Wildman–Crippen LogP) is 4.02. The Labute approximate surface area is 106 Å². The molecule has 1 aromatic carbocycles. The highest BCUT2D eigenvalue weighted by Crippen LogP contribution is 2.41. The second-order valence-electron chi connectivity index (χ2n) is 4.62. The number of thiazole rings is 1. The van der Waals surface area contributed by atoms with Crippen molar-refractivity contribution in [1.29, 1.82) is 0 Å². The third-order valence-corrected chi connectivity index (χ3v) is 4.25. The summed E-state index contributed by atoms with van der Waals surface area (Å²) in [6.45, 7) is 0. The van der Waals surface area contributed by atoms with Crippen LogP contribution in [0, 0.1) is 0 Å². The molecule has 0 aliphatic heterocycles. The average Bonchev–Trinajstić information content (AvgIpc) is 3.03. The van der Waals surface area contributed by atoms with Gasteiger partial charge in [0.25, 0.3) is 0 Å². The number of hydrogen-bond donors (Lipinski definition) is 1. The summed E-state index contributed by atoms with van der Waals surface area (Å²) >= 11 is 1.68. The van der Waals surface area contributed by atoms with E-state index in [-0.39, 0.29) is 5.54 Å². The van der Waals surface area contributed by atoms with Gasteiger partial charge in [0.05, 0.1) is 5.54 Å². The van der Waals surface area contributed by atoms with Crippen LogP contribution in [-0.2, 0) is 5.54 Å². The zero-order valence-corrected chi connectivity index (χ0v) is 10.5. The standard InChI is InChI=1S/C14H16N2S/c1-2-6-12(7-3-1)14(8-4-5-9-14)16-13-15-10-11-17-13/h1-3,6-7,10-11H,4-5,8-9H2,(H,15,16). The first-order valence-corrected chi connectivity index (χ1v) is 7.00. The lowest BCUT2D eigenvalue weighted by Crippen LogP contribution is -2.31. The molecule has 2 aromatic rings. The minimum absolute atomic E-state index is 0.110. The first-order valence-electron chi connectivity index (χ1n) is 6.12. The summed E-state index contributed by atoms with van der Waals surface area (Å²) in [6, 6.07) is 10.8. The molecule has 1 aliphatic rings. The molecule has 1 aliphatic carbocycles. The molecule has 1 fully saturated rings. The normalized spacial score (nSPS) is 18.1. The fourth-order valence-electron chi connectivity index (χ4n) is 2.71. The van der Waals surface area contributed by atoms with E-state index in [0.717, 1.165) is 5.13 Å². The van der Waals surface area contributed by atoms with E-state index in [9.17, 15) is 0 Å². The number of aromatic nitrogens is 1. The summed E-state index contributed by atoms with van der Waals surface area (Å²) in [7, 11) is 0. The fraction of sp³-hybridized carbons (Fsp3) is 0.357. The van der Waals surface area contributed by atoms with Crippen LogP contribution in [-0.4, -0.2) is 4.98 Å². The maximum Gasteiger partial charge on any atom is 0.183 e. The topological polar surface area (TPSA) is 24.9 Å². The van der Waals surface area contributed by atoms with Crippen molar-refractivity contribution in [2.75, 3.05) is 5.32 Å². The van der Waals surface area contributed by atoms with Crippen molar-refractivity contribution in [1.82, 2.24) is 4.98 Å². The van der Waals surface area contributed by atoms with Crippen LogP contribution in [0.2, 0.25) is 0 Å². The Hall–Kier alpha value is -1.35. The third kappa shape index (κ3) is 2.07. The molecule has 0 bridgehead atoms. The van der Waals surface area contributed by atoms with Gasteiger partial charge in [0, 0.05) is 11.6 Å². The summed E-state index contributed by atoms with van der Waals surface area (Å²) in [4.78, 5) is 4.36. The Morgan fingerprint density at radius 3 is 2.53 bits per heavy atom. The number of nitrogens with zero attached hydrogens (tertiary/aromatic N) is 1. The monoisotopic (exact) mass is 244 g/mol. The van der Waals surface area contributed by atoms with Gasteiger partial charge in [-0.3, -0.25) is 0 Å². The molecule has 1 saturated carbocycles. The zero-order valence-electron chi connectivity index (χ0n) is 9.73. The van der Waals surface area contributed by atoms with Gasteiger partial charge < -0.3 is 5.32 Å². The second kappa shape index (κ2) is 4.49. The molecule has 0 atom stereocenters. The molecule has 0 amide bonds. The van der Waals surface area contributed by atoms with Crippen molar-refractivity contribution >= 4 is 16.5 Å². The highest BCUT2D eigenvalue weighted by Gasteiger charge is 2.35. The van der Waals surface area contributed by atoms with E-state index in [1.54, 1.807) is 11.3 Å². The number of nitrogens with one attached hydrogen (secondary N) is 1. The molecule has 0 unspecified atom stereocenters. The molecular formula is C14H16N2S. The molecule has 0 radical (unpaired) electrons. The van der Waals surface area contributed by atoms with Crippen molar-refractivity contribution < 1.29 is 0 Å². The Balaban J connectivity index is 1.93. The Bertz CT molecular complexity index is 458. The highest BCUT2D eigenvalue weighted by atomic mass is 32.1. The molecule has 1 N–H and O–H groups in total. The molecule has 3 heteroatoms. The maximum atomic E-state index is 4.36. The van der Waals surface area contributed by atoms with Gasteiger partial charge in [0.2, 0.25) is 0 Å². The second-order valence-corrected chi connectivity index (χ2v) is 5.51. The summed E-state index contributed by atoms with van der Waals surface area (Å²) in [5.74, 6) is 0. The van der Waals surface area contributed by atoms with Crippen molar-refractivity contribution in [3.63, 3.8) is 0 Å². The van der Waals surface area contributed by atoms with Crippen LogP contribution in [0.1, 0.15) is 31.2 Å². The van der Waals surface area contributed by atoms with Gasteiger partial charge >= 0.3 is 0 Å². The minimum atomic E-state index is 0.110. The van der Waals surface area contributed by atoms with Crippen LogP contribution in [0.5, 0.6) is 0 Å². The number of anilines is 1. The van der Waals surface area contributed by atoms with Crippen LogP contribution >= 0.6 is 11.3 Å². The number of benzene rings is 1. The van der Waals surface area contributed by atoms with Gasteiger partial charge in [-0.2, -0.15) is 0 Å². The number of rotatable bonds is 3. The molecule has 17 heavy (non-hydrogen) atoms. The molecule has 2 nitrogen and oxygen atoms in total. The lowest BCUT2D eigenvalue weighted by molar-refractivity contribution is 0.508. The van der Waals surface area contributed by atoms with E-state index in [1.165, 1.54) is 31.2 Å². The highest BCUT2D eigenvalue weighted by molar-refractivity contribution is 7.13. The molecule has 1 aromatic heterocycles. The molecule has 0 saturated heterocycles. The average molecular weight is 244 g/mol. The molecule has 88 valence electrons. The number of hydrogen-bond acceptors (Lipinski definition) is 3. The molecule has 1 heterocycles. The first kappa shape index (κ1) is 10.8. The van der Waals surface area contributed by atoms with Gasteiger partial charge in [0.1, 0.15) is 0 Å². The van der Waals surface area contributed by atoms with E-state index in [1.807, 2.05) is 11.6 Å². The predicted molar refractivity (Wildman–Crippen MR) is 72.3 cm³/mol. The largest absolute Gasteiger partial charge is 0.352 e. The van der Waals surface area contributed by atoms with Crippen molar-refractivity contribution in [3.05, 3.63) is 47.5 Å². The molecule has 3 rings (SSSR count). The van der Waals surface area contributed by atoms with Gasteiger partial charge in [-0.25, -0.2) is 4.98 Å². The SMILES string of the molecule is c1ccc(C2(Nc3nccs3)CCCC2)cc1.